The van der Waals surface area contributed by atoms with Gasteiger partial charge in [0, 0.05) is 36.8 Å². The number of carbonyl (C=O) groups is 2. The van der Waals surface area contributed by atoms with Crippen LogP contribution in [-0.2, 0) is 4.79 Å². The topological polar surface area (TPSA) is 66.6 Å². The van der Waals surface area contributed by atoms with Gasteiger partial charge in [0.15, 0.2) is 0 Å². The molecule has 3 rings (SSSR count). The summed E-state index contributed by atoms with van der Waals surface area (Å²) in [6.07, 6.45) is 2.31. The third kappa shape index (κ3) is 3.97. The van der Waals surface area contributed by atoms with Crippen LogP contribution in [0.2, 0.25) is 5.02 Å². The van der Waals surface area contributed by atoms with Crippen LogP contribution < -0.4 is 5.73 Å². The Kier molecular flexibility index (Phi) is 5.55. The summed E-state index contributed by atoms with van der Waals surface area (Å²) in [6.45, 7) is 2.39. The highest BCUT2D eigenvalue weighted by atomic mass is 35.5. The molecule has 1 aromatic rings. The Morgan fingerprint density at radius 2 is 1.74 bits per heavy atom. The maximum Gasteiger partial charge on any atom is 0.253 e. The predicted octanol–water partition coefficient (Wildman–Crippen LogP) is 1.93. The number of nitrogens with two attached hydrogens (primary N) is 1. The van der Waals surface area contributed by atoms with Gasteiger partial charge in [0.05, 0.1) is 5.54 Å². The molecule has 2 amide bonds. The third-order valence-corrected chi connectivity index (χ3v) is 4.59. The molecule has 1 aliphatic heterocycles. The average molecular weight is 358 g/mol. The summed E-state index contributed by atoms with van der Waals surface area (Å²) in [5.41, 5.74) is 5.94. The molecule has 5 nitrogen and oxygen atoms in total. The van der Waals surface area contributed by atoms with Crippen LogP contribution in [0.25, 0.3) is 0 Å². The van der Waals surface area contributed by atoms with Gasteiger partial charge in [-0.1, -0.05) is 17.7 Å². The lowest BCUT2D eigenvalue weighted by molar-refractivity contribution is -0.133. The number of amides is 2. The maximum absolute atomic E-state index is 12.5. The first kappa shape index (κ1) is 18.0. The van der Waals surface area contributed by atoms with Crippen LogP contribution in [0.3, 0.4) is 0 Å². The Morgan fingerprint density at radius 3 is 2.39 bits per heavy atom. The van der Waals surface area contributed by atoms with Gasteiger partial charge in [0.1, 0.15) is 0 Å². The van der Waals surface area contributed by atoms with Crippen LogP contribution in [0.1, 0.15) is 29.6 Å². The second-order valence-corrected chi connectivity index (χ2v) is 6.54. The smallest absolute Gasteiger partial charge is 0.253 e. The van der Waals surface area contributed by atoms with Crippen LogP contribution in [0.4, 0.5) is 0 Å². The molecule has 23 heavy (non-hydrogen) atoms. The van der Waals surface area contributed by atoms with Crippen molar-refractivity contribution < 1.29 is 9.59 Å². The fraction of sp³-hybridized carbons (Fsp3) is 0.500. The van der Waals surface area contributed by atoms with E-state index in [2.05, 4.69) is 0 Å². The number of hydrogen-bond acceptors (Lipinski definition) is 3. The lowest BCUT2D eigenvalue weighted by Gasteiger charge is -2.24. The van der Waals surface area contributed by atoms with E-state index in [0.29, 0.717) is 36.8 Å². The number of nitrogens with zero attached hydrogens (tertiary/aromatic N) is 2. The summed E-state index contributed by atoms with van der Waals surface area (Å²) in [7, 11) is 0. The summed E-state index contributed by atoms with van der Waals surface area (Å²) in [5.74, 6) is -0.00441. The molecule has 0 spiro atoms. The first-order chi connectivity index (χ1) is 10.5. The molecule has 1 saturated carbocycles. The van der Waals surface area contributed by atoms with Crippen LogP contribution in [0.5, 0.6) is 0 Å². The number of hydrogen-bond donors (Lipinski definition) is 1. The standard InChI is InChI=1S/C16H20ClN3O2.ClH/c17-13-4-1-3-12(11-13)14(21)19-7-2-8-20(10-9-19)15(22)16(18)5-6-16;/h1,3-4,11H,2,5-10,18H2;1H. The van der Waals surface area contributed by atoms with Gasteiger partial charge in [-0.05, 0) is 37.5 Å². The SMILES string of the molecule is Cl.NC1(C(=O)N2CCCN(C(=O)c3cccc(Cl)c3)CC2)CC1. The van der Waals surface area contributed by atoms with E-state index in [0.717, 1.165) is 19.3 Å². The van der Waals surface area contributed by atoms with Gasteiger partial charge in [0.2, 0.25) is 5.91 Å². The van der Waals surface area contributed by atoms with Crippen molar-refractivity contribution in [2.75, 3.05) is 26.2 Å². The van der Waals surface area contributed by atoms with E-state index in [1.807, 2.05) is 0 Å². The van der Waals surface area contributed by atoms with Gasteiger partial charge >= 0.3 is 0 Å². The first-order valence-corrected chi connectivity index (χ1v) is 8.00. The summed E-state index contributed by atoms with van der Waals surface area (Å²) < 4.78 is 0. The van der Waals surface area contributed by atoms with E-state index in [4.69, 9.17) is 17.3 Å². The van der Waals surface area contributed by atoms with Gasteiger partial charge in [-0.3, -0.25) is 9.59 Å². The van der Waals surface area contributed by atoms with Gasteiger partial charge in [-0.25, -0.2) is 0 Å². The number of benzene rings is 1. The predicted molar refractivity (Wildman–Crippen MR) is 92.0 cm³/mol. The summed E-state index contributed by atoms with van der Waals surface area (Å²) in [4.78, 5) is 28.4. The Bertz CT molecular complexity index is 605. The second kappa shape index (κ2) is 7.07. The molecule has 1 saturated heterocycles. The van der Waals surface area contributed by atoms with E-state index in [-0.39, 0.29) is 24.2 Å². The molecule has 2 N–H and O–H groups in total. The van der Waals surface area contributed by atoms with Crippen LogP contribution in [-0.4, -0.2) is 53.3 Å². The fourth-order valence-electron chi connectivity index (χ4n) is 2.79. The van der Waals surface area contributed by atoms with Crippen molar-refractivity contribution in [1.29, 1.82) is 0 Å². The summed E-state index contributed by atoms with van der Waals surface area (Å²) in [5, 5.41) is 0.552. The first-order valence-electron chi connectivity index (χ1n) is 7.63. The van der Waals surface area contributed by atoms with E-state index in [1.165, 1.54) is 0 Å². The minimum absolute atomic E-state index is 0. The molecule has 1 heterocycles. The molecule has 1 aliphatic carbocycles. The zero-order valence-electron chi connectivity index (χ0n) is 12.8. The molecule has 0 bridgehead atoms. The quantitative estimate of drug-likeness (QED) is 0.879. The Labute approximate surface area is 147 Å². The van der Waals surface area contributed by atoms with E-state index >= 15 is 0 Å². The zero-order chi connectivity index (χ0) is 15.7. The number of rotatable bonds is 2. The van der Waals surface area contributed by atoms with Crippen molar-refractivity contribution in [3.05, 3.63) is 34.9 Å². The summed E-state index contributed by atoms with van der Waals surface area (Å²) in [6, 6.07) is 6.96. The van der Waals surface area contributed by atoms with Crippen molar-refractivity contribution in [2.45, 2.75) is 24.8 Å². The van der Waals surface area contributed by atoms with E-state index in [1.54, 1.807) is 34.1 Å². The zero-order valence-corrected chi connectivity index (χ0v) is 14.4. The highest BCUT2D eigenvalue weighted by Crippen LogP contribution is 2.34. The molecule has 1 aromatic carbocycles. The molecule has 2 aliphatic rings. The normalized spacial score (nSPS) is 19.6. The molecule has 2 fully saturated rings. The monoisotopic (exact) mass is 357 g/mol. The fourth-order valence-corrected chi connectivity index (χ4v) is 2.98. The highest BCUT2D eigenvalue weighted by Gasteiger charge is 2.48. The number of carbonyl (C=O) groups excluding carboxylic acids is 2. The molecule has 0 unspecified atom stereocenters. The van der Waals surface area contributed by atoms with Crippen molar-refractivity contribution in [1.82, 2.24) is 9.80 Å². The van der Waals surface area contributed by atoms with Crippen molar-refractivity contribution in [3.63, 3.8) is 0 Å². The van der Waals surface area contributed by atoms with Crippen LogP contribution in [0, 0.1) is 0 Å². The Balaban J connectivity index is 0.00000192. The lowest BCUT2D eigenvalue weighted by atomic mass is 10.2. The molecule has 7 heteroatoms. The molecule has 0 aromatic heterocycles. The van der Waals surface area contributed by atoms with Crippen molar-refractivity contribution >= 4 is 35.8 Å². The van der Waals surface area contributed by atoms with Gasteiger partial charge < -0.3 is 15.5 Å². The van der Waals surface area contributed by atoms with Gasteiger partial charge in [-0.15, -0.1) is 12.4 Å². The average Bonchev–Trinajstić information content (AvgIpc) is 3.29. The van der Waals surface area contributed by atoms with Gasteiger partial charge in [0.25, 0.3) is 5.91 Å². The van der Waals surface area contributed by atoms with Crippen molar-refractivity contribution in [2.24, 2.45) is 5.73 Å². The lowest BCUT2D eigenvalue weighted by Crippen LogP contribution is -2.47. The van der Waals surface area contributed by atoms with Crippen LogP contribution >= 0.6 is 24.0 Å². The minimum atomic E-state index is -0.633. The Hall–Kier alpha value is -1.30. The van der Waals surface area contributed by atoms with Crippen LogP contribution in [0.15, 0.2) is 24.3 Å². The molecular formula is C16H21Cl2N3O2. The Morgan fingerprint density at radius 1 is 1.09 bits per heavy atom. The second-order valence-electron chi connectivity index (χ2n) is 6.10. The van der Waals surface area contributed by atoms with E-state index < -0.39 is 5.54 Å². The van der Waals surface area contributed by atoms with E-state index in [9.17, 15) is 9.59 Å². The summed E-state index contributed by atoms with van der Waals surface area (Å²) >= 11 is 5.94. The molecule has 126 valence electrons. The number of halogens is 2. The molecule has 0 radical (unpaired) electrons. The molecular weight excluding hydrogens is 337 g/mol. The molecule has 0 atom stereocenters. The highest BCUT2D eigenvalue weighted by molar-refractivity contribution is 6.30. The van der Waals surface area contributed by atoms with Crippen molar-refractivity contribution in [3.8, 4) is 0 Å². The minimum Gasteiger partial charge on any atom is -0.339 e. The third-order valence-electron chi connectivity index (χ3n) is 4.36. The van der Waals surface area contributed by atoms with Gasteiger partial charge in [-0.2, -0.15) is 0 Å². The largest absolute Gasteiger partial charge is 0.339 e. The maximum atomic E-state index is 12.5.